The van der Waals surface area contributed by atoms with Gasteiger partial charge >= 0.3 is 0 Å². The average molecular weight is 461 g/mol. The Morgan fingerprint density at radius 3 is 2.65 bits per heavy atom. The fourth-order valence-electron chi connectivity index (χ4n) is 4.93. The molecule has 6 heteroatoms. The molecule has 2 N–H and O–H groups in total. The molecule has 2 atom stereocenters. The molecule has 0 spiro atoms. The molecule has 1 saturated heterocycles. The molecular formula is C28H36N4O2. The summed E-state index contributed by atoms with van der Waals surface area (Å²) >= 11 is 0. The number of piperidine rings is 1. The van der Waals surface area contributed by atoms with Crippen LogP contribution in [0.2, 0.25) is 0 Å². The number of hydrogen-bond acceptors (Lipinski definition) is 3. The lowest BCUT2D eigenvalue weighted by Crippen LogP contribution is -2.46. The van der Waals surface area contributed by atoms with E-state index in [0.29, 0.717) is 19.5 Å². The molecule has 6 nitrogen and oxygen atoms in total. The summed E-state index contributed by atoms with van der Waals surface area (Å²) in [5, 5.41) is 4.41. The minimum Gasteiger partial charge on any atom is -0.378 e. The van der Waals surface area contributed by atoms with Crippen LogP contribution in [0, 0.1) is 5.92 Å². The zero-order valence-corrected chi connectivity index (χ0v) is 20.5. The Kier molecular flexibility index (Phi) is 7.56. The number of anilines is 1. The zero-order valence-electron chi connectivity index (χ0n) is 20.5. The number of aromatic nitrogens is 1. The highest BCUT2D eigenvalue weighted by atomic mass is 16.2. The lowest BCUT2D eigenvalue weighted by molar-refractivity contribution is -0.135. The maximum absolute atomic E-state index is 13.2. The number of carbonyl (C=O) groups excluding carboxylic acids is 2. The second-order valence-electron chi connectivity index (χ2n) is 9.50. The maximum Gasteiger partial charge on any atom is 0.224 e. The summed E-state index contributed by atoms with van der Waals surface area (Å²) in [5.74, 6) is 0.0911. The molecular weight excluding hydrogens is 424 g/mol. The third-order valence-electron chi connectivity index (χ3n) is 6.90. The number of carbonyl (C=O) groups is 2. The number of para-hydroxylation sites is 1. The molecule has 1 aliphatic heterocycles. The van der Waals surface area contributed by atoms with E-state index in [1.54, 1.807) is 0 Å². The predicted molar refractivity (Wildman–Crippen MR) is 138 cm³/mol. The number of nitrogens with one attached hydrogen (secondary N) is 2. The van der Waals surface area contributed by atoms with Gasteiger partial charge in [0.15, 0.2) is 0 Å². The van der Waals surface area contributed by atoms with Crippen LogP contribution < -0.4 is 10.2 Å². The molecule has 1 fully saturated rings. The van der Waals surface area contributed by atoms with Gasteiger partial charge in [-0.25, -0.2) is 0 Å². The quantitative estimate of drug-likeness (QED) is 0.519. The second kappa shape index (κ2) is 10.8. The third-order valence-corrected chi connectivity index (χ3v) is 6.90. The van der Waals surface area contributed by atoms with Gasteiger partial charge in [0.2, 0.25) is 11.8 Å². The highest BCUT2D eigenvalue weighted by Gasteiger charge is 2.29. The molecule has 0 radical (unpaired) electrons. The molecule has 2 unspecified atom stereocenters. The molecule has 0 aliphatic carbocycles. The van der Waals surface area contributed by atoms with Crippen LogP contribution in [-0.2, 0) is 9.59 Å². The summed E-state index contributed by atoms with van der Waals surface area (Å²) in [6.07, 6.45) is 5.17. The standard InChI is InChI=1S/C28H36N4O2/c1-4-8-27(33)32-16-7-9-21(19-32)28(34)30-17-24(20-12-14-22(15-13-20)31(2)3)25-18-29-26-11-6-5-10-23(25)26/h5-6,10-15,18,21,24,29H,4,7-9,16-17,19H2,1-3H3,(H,30,34). The normalized spacial score (nSPS) is 16.9. The first-order valence-electron chi connectivity index (χ1n) is 12.4. The van der Waals surface area contributed by atoms with Gasteiger partial charge in [-0.05, 0) is 48.6 Å². The monoisotopic (exact) mass is 460 g/mol. The van der Waals surface area contributed by atoms with Crippen LogP contribution in [0.4, 0.5) is 5.69 Å². The van der Waals surface area contributed by atoms with E-state index in [1.807, 2.05) is 38.1 Å². The Morgan fingerprint density at radius 2 is 1.91 bits per heavy atom. The van der Waals surface area contributed by atoms with E-state index >= 15 is 0 Å². The van der Waals surface area contributed by atoms with Gasteiger partial charge in [-0.2, -0.15) is 0 Å². The number of fused-ring (bicyclic) bond motifs is 1. The van der Waals surface area contributed by atoms with E-state index in [4.69, 9.17) is 0 Å². The maximum atomic E-state index is 13.2. The van der Waals surface area contributed by atoms with Gasteiger partial charge in [0.1, 0.15) is 0 Å². The Labute approximate surface area is 202 Å². The van der Waals surface area contributed by atoms with Crippen molar-refractivity contribution in [3.05, 3.63) is 65.9 Å². The Hall–Kier alpha value is -3.28. The molecule has 1 aliphatic rings. The highest BCUT2D eigenvalue weighted by Crippen LogP contribution is 2.31. The zero-order chi connectivity index (χ0) is 24.1. The van der Waals surface area contributed by atoms with Gasteiger partial charge in [-0.15, -0.1) is 0 Å². The van der Waals surface area contributed by atoms with Gasteiger partial charge in [0.05, 0.1) is 5.92 Å². The van der Waals surface area contributed by atoms with Gasteiger partial charge in [-0.1, -0.05) is 37.3 Å². The van der Waals surface area contributed by atoms with Crippen molar-refractivity contribution in [3.8, 4) is 0 Å². The van der Waals surface area contributed by atoms with Crippen LogP contribution in [0.15, 0.2) is 54.7 Å². The highest BCUT2D eigenvalue weighted by molar-refractivity contribution is 5.85. The van der Waals surface area contributed by atoms with Gasteiger partial charge in [0.25, 0.3) is 0 Å². The van der Waals surface area contributed by atoms with Crippen molar-refractivity contribution >= 4 is 28.4 Å². The Bertz CT molecular complexity index is 1120. The van der Waals surface area contributed by atoms with Crippen molar-refractivity contribution in [3.63, 3.8) is 0 Å². The number of nitrogens with zero attached hydrogens (tertiary/aromatic N) is 2. The predicted octanol–water partition coefficient (Wildman–Crippen LogP) is 4.52. The lowest BCUT2D eigenvalue weighted by atomic mass is 9.90. The van der Waals surface area contributed by atoms with Crippen LogP contribution in [0.1, 0.15) is 49.7 Å². The largest absolute Gasteiger partial charge is 0.378 e. The van der Waals surface area contributed by atoms with Crippen molar-refractivity contribution < 1.29 is 9.59 Å². The number of benzene rings is 2. The molecule has 2 amide bonds. The average Bonchev–Trinajstić information content (AvgIpc) is 3.28. The van der Waals surface area contributed by atoms with E-state index in [0.717, 1.165) is 37.0 Å². The van der Waals surface area contributed by atoms with Gasteiger partial charge < -0.3 is 20.1 Å². The molecule has 3 aromatic rings. The minimum absolute atomic E-state index is 0.0257. The summed E-state index contributed by atoms with van der Waals surface area (Å²) in [6, 6.07) is 16.8. The fourth-order valence-corrected chi connectivity index (χ4v) is 4.93. The number of hydrogen-bond donors (Lipinski definition) is 2. The lowest BCUT2D eigenvalue weighted by Gasteiger charge is -2.32. The van der Waals surface area contributed by atoms with Crippen molar-refractivity contribution in [1.82, 2.24) is 15.2 Å². The van der Waals surface area contributed by atoms with Gasteiger partial charge in [-0.3, -0.25) is 9.59 Å². The number of likely N-dealkylation sites (tertiary alicyclic amines) is 1. The van der Waals surface area contributed by atoms with Gasteiger partial charge in [0, 0.05) is 68.9 Å². The number of amides is 2. The first-order chi connectivity index (χ1) is 16.5. The molecule has 0 saturated carbocycles. The molecule has 0 bridgehead atoms. The summed E-state index contributed by atoms with van der Waals surface area (Å²) < 4.78 is 0. The van der Waals surface area contributed by atoms with Crippen molar-refractivity contribution in [2.75, 3.05) is 38.6 Å². The molecule has 34 heavy (non-hydrogen) atoms. The molecule has 1 aromatic heterocycles. The Balaban J connectivity index is 1.53. The van der Waals surface area contributed by atoms with Crippen LogP contribution in [-0.4, -0.2) is 55.4 Å². The van der Waals surface area contributed by atoms with Crippen molar-refractivity contribution in [2.45, 2.75) is 38.5 Å². The first kappa shape index (κ1) is 23.9. The van der Waals surface area contributed by atoms with E-state index in [-0.39, 0.29) is 23.7 Å². The van der Waals surface area contributed by atoms with E-state index in [2.05, 4.69) is 57.8 Å². The number of rotatable bonds is 8. The minimum atomic E-state index is -0.144. The van der Waals surface area contributed by atoms with E-state index < -0.39 is 0 Å². The second-order valence-corrected chi connectivity index (χ2v) is 9.50. The summed E-state index contributed by atoms with van der Waals surface area (Å²) in [4.78, 5) is 32.9. The van der Waals surface area contributed by atoms with Crippen molar-refractivity contribution in [2.24, 2.45) is 5.92 Å². The van der Waals surface area contributed by atoms with Crippen LogP contribution >= 0.6 is 0 Å². The summed E-state index contributed by atoms with van der Waals surface area (Å²) in [7, 11) is 4.07. The Morgan fingerprint density at radius 1 is 1.15 bits per heavy atom. The van der Waals surface area contributed by atoms with Crippen molar-refractivity contribution in [1.29, 1.82) is 0 Å². The SMILES string of the molecule is CCCC(=O)N1CCCC(C(=O)NCC(c2ccc(N(C)C)cc2)c2c[nH]c3ccccc23)C1. The molecule has 2 aromatic carbocycles. The first-order valence-corrected chi connectivity index (χ1v) is 12.4. The smallest absolute Gasteiger partial charge is 0.224 e. The van der Waals surface area contributed by atoms with Crippen LogP contribution in [0.25, 0.3) is 10.9 Å². The number of H-pyrrole nitrogens is 1. The van der Waals surface area contributed by atoms with E-state index in [9.17, 15) is 9.59 Å². The molecule has 2 heterocycles. The molecule has 4 rings (SSSR count). The van der Waals surface area contributed by atoms with Crippen LogP contribution in [0.5, 0.6) is 0 Å². The fraction of sp³-hybridized carbons (Fsp3) is 0.429. The topological polar surface area (TPSA) is 68.4 Å². The molecule has 180 valence electrons. The third kappa shape index (κ3) is 5.27. The van der Waals surface area contributed by atoms with Crippen LogP contribution in [0.3, 0.4) is 0 Å². The van der Waals surface area contributed by atoms with E-state index in [1.165, 1.54) is 16.5 Å². The summed E-state index contributed by atoms with van der Waals surface area (Å²) in [5.41, 5.74) is 4.58. The summed E-state index contributed by atoms with van der Waals surface area (Å²) in [6.45, 7) is 3.82. The number of aromatic amines is 1.